The van der Waals surface area contributed by atoms with Gasteiger partial charge in [0.25, 0.3) is 0 Å². The average molecular weight is 482 g/mol. The van der Waals surface area contributed by atoms with Crippen LogP contribution in [0.1, 0.15) is 65.3 Å². The van der Waals surface area contributed by atoms with Crippen LogP contribution >= 0.6 is 0 Å². The molecule has 7 nitrogen and oxygen atoms in total. The summed E-state index contributed by atoms with van der Waals surface area (Å²) in [4.78, 5) is 15.3. The van der Waals surface area contributed by atoms with Gasteiger partial charge in [0.05, 0.1) is 6.54 Å². The van der Waals surface area contributed by atoms with Crippen molar-refractivity contribution in [2.75, 3.05) is 6.61 Å². The van der Waals surface area contributed by atoms with Gasteiger partial charge < -0.3 is 18.6 Å². The van der Waals surface area contributed by atoms with E-state index in [2.05, 4.69) is 22.0 Å². The van der Waals surface area contributed by atoms with Gasteiger partial charge in [-0.1, -0.05) is 29.1 Å². The molecule has 2 aromatic heterocycles. The van der Waals surface area contributed by atoms with Crippen LogP contribution in [0, 0.1) is 11.8 Å². The molecule has 2 unspecified atom stereocenters. The summed E-state index contributed by atoms with van der Waals surface area (Å²) < 4.78 is 19.4. The van der Waals surface area contributed by atoms with E-state index in [4.69, 9.17) is 14.0 Å². The average Bonchev–Trinajstić information content (AvgIpc) is 3.59. The monoisotopic (exact) mass is 481 g/mol. The summed E-state index contributed by atoms with van der Waals surface area (Å²) >= 11 is 0. The van der Waals surface area contributed by atoms with E-state index in [0.717, 1.165) is 60.4 Å². The summed E-state index contributed by atoms with van der Waals surface area (Å²) in [5.41, 5.74) is 4.10. The Morgan fingerprint density at radius 2 is 1.86 bits per heavy atom. The Hall–Kier alpha value is -3.99. The van der Waals surface area contributed by atoms with Gasteiger partial charge in [-0.25, -0.2) is 4.98 Å². The van der Waals surface area contributed by atoms with Crippen molar-refractivity contribution in [2.45, 2.75) is 45.1 Å². The maximum absolute atomic E-state index is 10.8. The van der Waals surface area contributed by atoms with Crippen LogP contribution in [-0.2, 0) is 16.0 Å². The third kappa shape index (κ3) is 5.80. The molecule has 3 heterocycles. The zero-order valence-electron chi connectivity index (χ0n) is 20.1. The predicted molar refractivity (Wildman–Crippen MR) is 134 cm³/mol. The van der Waals surface area contributed by atoms with Gasteiger partial charge in [0.1, 0.15) is 23.9 Å². The van der Waals surface area contributed by atoms with Crippen LogP contribution in [0.3, 0.4) is 0 Å². The van der Waals surface area contributed by atoms with Gasteiger partial charge in [-0.05, 0) is 62.6 Å². The van der Waals surface area contributed by atoms with E-state index in [-0.39, 0.29) is 12.4 Å². The second-order valence-corrected chi connectivity index (χ2v) is 8.74. The lowest BCUT2D eigenvalue weighted by Crippen LogP contribution is -2.24. The third-order valence-corrected chi connectivity index (χ3v) is 6.06. The molecule has 1 aliphatic rings. The number of hydrogen-bond acceptors (Lipinski definition) is 6. The van der Waals surface area contributed by atoms with Gasteiger partial charge in [-0.15, -0.1) is 0 Å². The van der Waals surface area contributed by atoms with E-state index in [1.54, 1.807) is 18.3 Å². The fraction of sp³-hybridized carbons (Fsp3) is 0.276. The van der Waals surface area contributed by atoms with Crippen LogP contribution in [0.25, 0.3) is 11.3 Å². The highest BCUT2D eigenvalue weighted by atomic mass is 16.7. The number of ether oxygens (including phenoxy) is 2. The molecule has 5 rings (SSSR count). The van der Waals surface area contributed by atoms with Gasteiger partial charge in [-0.2, -0.15) is 0 Å². The van der Waals surface area contributed by atoms with Gasteiger partial charge in [0.15, 0.2) is 12.1 Å². The van der Waals surface area contributed by atoms with E-state index in [1.807, 2.05) is 60.2 Å². The number of rotatable bonds is 7. The minimum Gasteiger partial charge on any atom is -0.356 e. The molecule has 0 saturated carbocycles. The number of aromatic nitrogens is 3. The van der Waals surface area contributed by atoms with Crippen LogP contribution in [0.2, 0.25) is 0 Å². The summed E-state index contributed by atoms with van der Waals surface area (Å²) in [5, 5.41) is 4.25. The Labute approximate surface area is 210 Å². The molecule has 0 N–H and O–H groups in total. The molecule has 182 valence electrons. The summed E-state index contributed by atoms with van der Waals surface area (Å²) in [5.74, 6) is 7.78. The molecule has 1 saturated heterocycles. The topological polar surface area (TPSA) is 79.4 Å². The van der Waals surface area contributed by atoms with E-state index >= 15 is 0 Å². The Morgan fingerprint density at radius 3 is 2.56 bits per heavy atom. The van der Waals surface area contributed by atoms with Crippen molar-refractivity contribution in [1.82, 2.24) is 14.7 Å². The predicted octanol–water partition coefficient (Wildman–Crippen LogP) is 5.40. The molecule has 36 heavy (non-hydrogen) atoms. The van der Waals surface area contributed by atoms with Gasteiger partial charge in [0, 0.05) is 47.3 Å². The molecule has 4 aromatic rings. The van der Waals surface area contributed by atoms with Crippen LogP contribution in [0.5, 0.6) is 0 Å². The number of carbonyl (C=O) groups is 1. The van der Waals surface area contributed by atoms with Crippen LogP contribution in [0.4, 0.5) is 0 Å². The quantitative estimate of drug-likeness (QED) is 0.260. The zero-order chi connectivity index (χ0) is 24.7. The zero-order valence-corrected chi connectivity index (χ0v) is 20.1. The fourth-order valence-electron chi connectivity index (χ4n) is 4.12. The Kier molecular flexibility index (Phi) is 7.36. The summed E-state index contributed by atoms with van der Waals surface area (Å²) in [6.45, 7) is 3.28. The van der Waals surface area contributed by atoms with Gasteiger partial charge >= 0.3 is 0 Å². The van der Waals surface area contributed by atoms with Crippen LogP contribution < -0.4 is 0 Å². The molecule has 0 amide bonds. The maximum atomic E-state index is 10.8. The molecule has 7 heteroatoms. The highest BCUT2D eigenvalue weighted by Gasteiger charge is 2.21. The van der Waals surface area contributed by atoms with Gasteiger partial charge in [-0.3, -0.25) is 4.79 Å². The summed E-state index contributed by atoms with van der Waals surface area (Å²) in [6.07, 6.45) is 7.28. The Morgan fingerprint density at radius 1 is 1.11 bits per heavy atom. The highest BCUT2D eigenvalue weighted by Crippen LogP contribution is 2.25. The van der Waals surface area contributed by atoms with Crippen molar-refractivity contribution in [3.8, 4) is 23.2 Å². The van der Waals surface area contributed by atoms with Crippen molar-refractivity contribution in [3.05, 3.63) is 95.2 Å². The van der Waals surface area contributed by atoms with E-state index in [0.29, 0.717) is 17.9 Å². The largest absolute Gasteiger partial charge is 0.356 e. The summed E-state index contributed by atoms with van der Waals surface area (Å²) in [7, 11) is 0. The number of nitrogens with zero attached hydrogens (tertiary/aromatic N) is 3. The normalized spacial score (nSPS) is 16.2. The number of carbonyl (C=O) groups excluding carboxylic acids is 1. The smallest absolute Gasteiger partial charge is 0.167 e. The second-order valence-electron chi connectivity index (χ2n) is 8.74. The molecule has 2 aromatic carbocycles. The lowest BCUT2D eigenvalue weighted by molar-refractivity contribution is -0.188. The molecular weight excluding hydrogens is 454 g/mol. The number of hydrogen-bond donors (Lipinski definition) is 0. The first-order valence-corrected chi connectivity index (χ1v) is 12.1. The van der Waals surface area contributed by atoms with Crippen molar-refractivity contribution < 1.29 is 18.8 Å². The van der Waals surface area contributed by atoms with Crippen molar-refractivity contribution in [2.24, 2.45) is 0 Å². The number of imidazole rings is 1. The minimum absolute atomic E-state index is 0.173. The van der Waals surface area contributed by atoms with E-state index < -0.39 is 0 Å². The summed E-state index contributed by atoms with van der Waals surface area (Å²) in [6, 6.07) is 17.0. The first-order valence-electron chi connectivity index (χ1n) is 12.1. The molecule has 0 radical (unpaired) electrons. The van der Waals surface area contributed by atoms with Crippen LogP contribution in [0.15, 0.2) is 71.5 Å². The fourth-order valence-corrected chi connectivity index (χ4v) is 4.12. The van der Waals surface area contributed by atoms with E-state index in [1.165, 1.54) is 0 Å². The first-order chi connectivity index (χ1) is 17.7. The van der Waals surface area contributed by atoms with Crippen molar-refractivity contribution >= 4 is 6.29 Å². The van der Waals surface area contributed by atoms with Crippen molar-refractivity contribution in [1.29, 1.82) is 0 Å². The molecule has 2 atom stereocenters. The lowest BCUT2D eigenvalue weighted by Gasteiger charge is -2.26. The number of benzene rings is 2. The molecule has 1 fully saturated rings. The van der Waals surface area contributed by atoms with Crippen molar-refractivity contribution in [3.63, 3.8) is 0 Å². The lowest BCUT2D eigenvalue weighted by atomic mass is 10.1. The first kappa shape index (κ1) is 23.7. The maximum Gasteiger partial charge on any atom is 0.167 e. The Bertz CT molecular complexity index is 1350. The van der Waals surface area contributed by atoms with E-state index in [9.17, 15) is 4.79 Å². The third-order valence-electron chi connectivity index (χ3n) is 6.06. The SMILES string of the molecule is CC(OC1CCCCO1)c1nccn1Cc1cc(-c2ccc(C#Cc3ccc(C=O)cc3)cc2)on1. The van der Waals surface area contributed by atoms with Crippen LogP contribution in [-0.4, -0.2) is 33.9 Å². The molecule has 0 aliphatic carbocycles. The highest BCUT2D eigenvalue weighted by molar-refractivity contribution is 5.74. The molecule has 0 bridgehead atoms. The Balaban J connectivity index is 1.22. The molecule has 0 spiro atoms. The second kappa shape index (κ2) is 11.2. The minimum atomic E-state index is -0.189. The standard InChI is InChI=1S/C29H27N3O4/c1-21(35-28-4-2-3-17-34-28)29-30-15-16-32(29)19-26-18-27(36-31-26)25-13-11-23(12-14-25)6-5-22-7-9-24(20-33)10-8-22/h7-16,18,20-21,28H,2-4,17,19H2,1H3. The van der Waals surface area contributed by atoms with Gasteiger partial charge in [0.2, 0.25) is 0 Å². The molecular formula is C29H27N3O4. The molecule has 1 aliphatic heterocycles. The number of aldehydes is 1.